The molecule has 1 N–H and O–H groups in total. The molecule has 0 unspecified atom stereocenters. The summed E-state index contributed by atoms with van der Waals surface area (Å²) in [6.07, 6.45) is 2.09. The fourth-order valence-corrected chi connectivity index (χ4v) is 4.00. The van der Waals surface area contributed by atoms with Crippen molar-refractivity contribution in [2.24, 2.45) is 0 Å². The summed E-state index contributed by atoms with van der Waals surface area (Å²) in [6.45, 7) is 5.90. The van der Waals surface area contributed by atoms with Crippen LogP contribution < -0.4 is 5.32 Å². The molecule has 0 bridgehead atoms. The number of nitrogens with one attached hydrogen (secondary N) is 1. The third-order valence-corrected chi connectivity index (χ3v) is 5.52. The Morgan fingerprint density at radius 1 is 1.07 bits per heavy atom. The third-order valence-electron chi connectivity index (χ3n) is 5.52. The summed E-state index contributed by atoms with van der Waals surface area (Å²) in [5.41, 5.74) is 3.48. The van der Waals surface area contributed by atoms with E-state index < -0.39 is 0 Å². The lowest BCUT2D eigenvalue weighted by molar-refractivity contribution is 0.185. The highest BCUT2D eigenvalue weighted by Gasteiger charge is 2.26. The van der Waals surface area contributed by atoms with Crippen molar-refractivity contribution < 1.29 is 4.52 Å². The Morgan fingerprint density at radius 3 is 2.62 bits per heavy atom. The summed E-state index contributed by atoms with van der Waals surface area (Å²) in [6, 6.07) is 12.2. The lowest BCUT2D eigenvalue weighted by Crippen LogP contribution is -2.32. The van der Waals surface area contributed by atoms with E-state index in [0.29, 0.717) is 11.7 Å². The zero-order chi connectivity index (χ0) is 18.1. The zero-order valence-electron chi connectivity index (χ0n) is 16.2. The Bertz CT molecular complexity index is 881. The van der Waals surface area contributed by atoms with E-state index in [0.717, 1.165) is 63.6 Å². The van der Waals surface area contributed by atoms with Crippen molar-refractivity contribution in [2.45, 2.75) is 38.4 Å². The van der Waals surface area contributed by atoms with Gasteiger partial charge in [0.25, 0.3) is 0 Å². The van der Waals surface area contributed by atoms with Crippen LogP contribution in [0.4, 0.5) is 0 Å². The second-order valence-electron chi connectivity index (χ2n) is 7.40. The van der Waals surface area contributed by atoms with Gasteiger partial charge >= 0.3 is 0 Å². The standard InChI is InChI=1S/C20H24N6O.2ClH/c1-2-4-15(5-3-1)19-22-20(27-24-19)16-6-9-25(10-7-16)14-17-12-18-13-21-8-11-26(18)23-17;;/h1-5,12,16,21H,6-11,13-14H2;2*1H. The van der Waals surface area contributed by atoms with Gasteiger partial charge in [-0.25, -0.2) is 0 Å². The highest BCUT2D eigenvalue weighted by atomic mass is 35.5. The number of hydrogen-bond acceptors (Lipinski definition) is 6. The van der Waals surface area contributed by atoms with Crippen molar-refractivity contribution in [3.05, 3.63) is 53.7 Å². The van der Waals surface area contributed by atoms with Gasteiger partial charge in [0.1, 0.15) is 0 Å². The molecule has 2 aromatic heterocycles. The van der Waals surface area contributed by atoms with Gasteiger partial charge in [0.15, 0.2) is 0 Å². The van der Waals surface area contributed by atoms with E-state index in [2.05, 4.69) is 31.1 Å². The van der Waals surface area contributed by atoms with E-state index in [-0.39, 0.29) is 24.8 Å². The van der Waals surface area contributed by atoms with Crippen LogP contribution in [-0.2, 0) is 19.6 Å². The molecule has 0 radical (unpaired) electrons. The number of nitrogens with zero attached hydrogens (tertiary/aromatic N) is 5. The molecule has 0 aliphatic carbocycles. The summed E-state index contributed by atoms with van der Waals surface area (Å²) >= 11 is 0. The minimum atomic E-state index is 0. The van der Waals surface area contributed by atoms with Gasteiger partial charge in [-0.15, -0.1) is 24.8 Å². The van der Waals surface area contributed by atoms with Crippen molar-refractivity contribution >= 4 is 24.8 Å². The lowest BCUT2D eigenvalue weighted by atomic mass is 9.96. The molecular formula is C20H26Cl2N6O. The fourth-order valence-electron chi connectivity index (χ4n) is 4.00. The van der Waals surface area contributed by atoms with E-state index >= 15 is 0 Å². The topological polar surface area (TPSA) is 72.0 Å². The number of rotatable bonds is 4. The molecule has 5 rings (SSSR count). The Hall–Kier alpha value is -1.93. The molecule has 1 fully saturated rings. The molecule has 0 atom stereocenters. The summed E-state index contributed by atoms with van der Waals surface area (Å²) in [5, 5.41) is 12.3. The normalized spacial score (nSPS) is 17.2. The molecule has 0 saturated carbocycles. The van der Waals surface area contributed by atoms with Crippen molar-refractivity contribution in [1.82, 2.24) is 30.1 Å². The van der Waals surface area contributed by atoms with Gasteiger partial charge in [-0.3, -0.25) is 9.58 Å². The maximum absolute atomic E-state index is 5.56. The maximum atomic E-state index is 5.56. The lowest BCUT2D eigenvalue weighted by Gasteiger charge is -2.29. The summed E-state index contributed by atoms with van der Waals surface area (Å²) in [7, 11) is 0. The Kier molecular flexibility index (Phi) is 7.29. The van der Waals surface area contributed by atoms with Crippen LogP contribution in [0.15, 0.2) is 40.9 Å². The molecule has 0 spiro atoms. The van der Waals surface area contributed by atoms with Crippen molar-refractivity contribution in [2.75, 3.05) is 19.6 Å². The zero-order valence-corrected chi connectivity index (χ0v) is 17.8. The number of hydrogen-bond donors (Lipinski definition) is 1. The highest BCUT2D eigenvalue weighted by molar-refractivity contribution is 5.85. The molecule has 156 valence electrons. The van der Waals surface area contributed by atoms with Crippen molar-refractivity contribution in [1.29, 1.82) is 0 Å². The number of fused-ring (bicyclic) bond motifs is 1. The number of benzene rings is 1. The molecule has 9 heteroatoms. The van der Waals surface area contributed by atoms with Crippen LogP contribution in [0.3, 0.4) is 0 Å². The van der Waals surface area contributed by atoms with Crippen LogP contribution in [0.5, 0.6) is 0 Å². The first-order valence-corrected chi connectivity index (χ1v) is 9.73. The van der Waals surface area contributed by atoms with Crippen LogP contribution in [0.25, 0.3) is 11.4 Å². The van der Waals surface area contributed by atoms with Gasteiger partial charge in [-0.2, -0.15) is 10.1 Å². The molecule has 2 aliphatic rings. The Morgan fingerprint density at radius 2 is 1.86 bits per heavy atom. The van der Waals surface area contributed by atoms with Crippen molar-refractivity contribution in [3.8, 4) is 11.4 Å². The van der Waals surface area contributed by atoms with Gasteiger partial charge in [-0.05, 0) is 32.0 Å². The summed E-state index contributed by atoms with van der Waals surface area (Å²) in [4.78, 5) is 7.12. The molecule has 1 aromatic carbocycles. The summed E-state index contributed by atoms with van der Waals surface area (Å²) < 4.78 is 7.71. The Balaban J connectivity index is 0.00000120. The predicted octanol–water partition coefficient (Wildman–Crippen LogP) is 3.26. The number of likely N-dealkylation sites (tertiary alicyclic amines) is 1. The Labute approximate surface area is 182 Å². The smallest absolute Gasteiger partial charge is 0.230 e. The van der Waals surface area contributed by atoms with Gasteiger partial charge in [0, 0.05) is 31.1 Å². The average Bonchev–Trinajstić information content (AvgIpc) is 3.36. The molecule has 2 aliphatic heterocycles. The summed E-state index contributed by atoms with van der Waals surface area (Å²) in [5.74, 6) is 1.81. The SMILES string of the molecule is Cl.Cl.c1ccc(-c2noc(C3CCN(Cc4cc5n(n4)CCNC5)CC3)n2)cc1. The van der Waals surface area contributed by atoms with E-state index in [4.69, 9.17) is 9.62 Å². The third kappa shape index (κ3) is 4.80. The average molecular weight is 437 g/mol. The fraction of sp³-hybridized carbons (Fsp3) is 0.450. The number of halogens is 2. The van der Waals surface area contributed by atoms with Crippen LogP contribution in [-0.4, -0.2) is 44.5 Å². The minimum absolute atomic E-state index is 0. The molecule has 4 heterocycles. The van der Waals surface area contributed by atoms with Gasteiger partial charge < -0.3 is 9.84 Å². The van der Waals surface area contributed by atoms with Gasteiger partial charge in [-0.1, -0.05) is 35.5 Å². The predicted molar refractivity (Wildman–Crippen MR) is 115 cm³/mol. The first-order valence-electron chi connectivity index (χ1n) is 9.73. The number of aromatic nitrogens is 4. The minimum Gasteiger partial charge on any atom is -0.339 e. The van der Waals surface area contributed by atoms with Gasteiger partial charge in [0.2, 0.25) is 11.7 Å². The van der Waals surface area contributed by atoms with Gasteiger partial charge in [0.05, 0.1) is 17.9 Å². The maximum Gasteiger partial charge on any atom is 0.230 e. The largest absolute Gasteiger partial charge is 0.339 e. The monoisotopic (exact) mass is 436 g/mol. The molecule has 3 aromatic rings. The van der Waals surface area contributed by atoms with Crippen LogP contribution in [0.1, 0.15) is 36.0 Å². The van der Waals surface area contributed by atoms with Crippen molar-refractivity contribution in [3.63, 3.8) is 0 Å². The van der Waals surface area contributed by atoms with E-state index in [1.165, 1.54) is 11.4 Å². The second-order valence-corrected chi connectivity index (χ2v) is 7.40. The van der Waals surface area contributed by atoms with E-state index in [1.807, 2.05) is 30.3 Å². The molecule has 1 saturated heterocycles. The van der Waals surface area contributed by atoms with Crippen LogP contribution in [0.2, 0.25) is 0 Å². The number of piperidine rings is 1. The molecule has 0 amide bonds. The quantitative estimate of drug-likeness (QED) is 0.676. The van der Waals surface area contributed by atoms with Crippen LogP contribution in [0, 0.1) is 0 Å². The molecule has 29 heavy (non-hydrogen) atoms. The molecular weight excluding hydrogens is 411 g/mol. The molecule has 7 nitrogen and oxygen atoms in total. The second kappa shape index (κ2) is 9.71. The highest BCUT2D eigenvalue weighted by Crippen LogP contribution is 2.29. The first kappa shape index (κ1) is 21.8. The van der Waals surface area contributed by atoms with Crippen LogP contribution >= 0.6 is 24.8 Å². The first-order chi connectivity index (χ1) is 13.3. The van der Waals surface area contributed by atoms with E-state index in [9.17, 15) is 0 Å². The van der Waals surface area contributed by atoms with E-state index in [1.54, 1.807) is 0 Å².